The molecule has 0 radical (unpaired) electrons. The van der Waals surface area contributed by atoms with Crippen LogP contribution < -0.4 is 4.74 Å². The van der Waals surface area contributed by atoms with Crippen molar-refractivity contribution in [2.24, 2.45) is 0 Å². The summed E-state index contributed by atoms with van der Waals surface area (Å²) in [4.78, 5) is 15.3. The summed E-state index contributed by atoms with van der Waals surface area (Å²) >= 11 is 0. The number of nitrogens with one attached hydrogen (secondary N) is 1. The van der Waals surface area contributed by atoms with E-state index in [0.29, 0.717) is 30.5 Å². The molecule has 1 N–H and O–H groups in total. The molecule has 0 aliphatic rings. The van der Waals surface area contributed by atoms with Crippen LogP contribution in [-0.4, -0.2) is 49.3 Å². The lowest BCUT2D eigenvalue weighted by atomic mass is 9.96. The lowest BCUT2D eigenvalue weighted by molar-refractivity contribution is -0.186. The van der Waals surface area contributed by atoms with E-state index in [0.717, 1.165) is 11.1 Å². The highest BCUT2D eigenvalue weighted by Gasteiger charge is 2.46. The third kappa shape index (κ3) is 6.28. The van der Waals surface area contributed by atoms with Gasteiger partial charge in [-0.3, -0.25) is 4.90 Å². The highest BCUT2D eigenvalue weighted by atomic mass is 19.4. The Bertz CT molecular complexity index is 1030. The number of ether oxygens (including phenoxy) is 2. The first-order valence-electron chi connectivity index (χ1n) is 10.8. The van der Waals surface area contributed by atoms with Crippen molar-refractivity contribution in [2.45, 2.75) is 39.4 Å². The van der Waals surface area contributed by atoms with E-state index in [1.165, 1.54) is 19.1 Å². The van der Waals surface area contributed by atoms with Crippen molar-refractivity contribution in [3.05, 3.63) is 65.4 Å². The fourth-order valence-corrected chi connectivity index (χ4v) is 3.85. The number of aryl methyl sites for hydroxylation is 1. The third-order valence-electron chi connectivity index (χ3n) is 5.33. The smallest absolute Gasteiger partial charge is 0.408 e. The Labute approximate surface area is 192 Å². The fourth-order valence-electron chi connectivity index (χ4n) is 3.85. The van der Waals surface area contributed by atoms with Crippen molar-refractivity contribution < 1.29 is 27.4 Å². The molecule has 3 rings (SSSR count). The van der Waals surface area contributed by atoms with E-state index in [9.17, 15) is 18.0 Å². The van der Waals surface area contributed by atoms with Crippen LogP contribution in [0.4, 0.5) is 13.2 Å². The van der Waals surface area contributed by atoms with Crippen LogP contribution in [0.5, 0.6) is 5.75 Å². The molecular formula is C25H31F3N2O3. The van der Waals surface area contributed by atoms with Gasteiger partial charge in [0.25, 0.3) is 0 Å². The standard InChI is InChI=1S/C17H23F3N2O.C8H8O2/c1-5-9-22(6-2)16(17(18,19)20)14-12-7-8-21-15(12)11(3)10-13(14)23-4;1-10-8(9)7-5-3-2-4-6-7/h7-8,10,16,21H,5-6,9H2,1-4H3;2-6H,1H3. The van der Waals surface area contributed by atoms with Crippen molar-refractivity contribution in [1.29, 1.82) is 0 Å². The number of carbonyl (C=O) groups excluding carboxylic acids is 1. The molecule has 8 heteroatoms. The summed E-state index contributed by atoms with van der Waals surface area (Å²) in [6, 6.07) is 10.6. The minimum Gasteiger partial charge on any atom is -0.496 e. The molecule has 0 spiro atoms. The Hall–Kier alpha value is -3.00. The summed E-state index contributed by atoms with van der Waals surface area (Å²) in [6.45, 7) is 6.19. The molecule has 0 saturated carbocycles. The zero-order chi connectivity index (χ0) is 24.6. The van der Waals surface area contributed by atoms with E-state index in [1.807, 2.05) is 19.9 Å². The second kappa shape index (κ2) is 11.7. The van der Waals surface area contributed by atoms with E-state index < -0.39 is 12.2 Å². The number of benzene rings is 2. The molecule has 1 heterocycles. The maximum Gasteiger partial charge on any atom is 0.408 e. The summed E-state index contributed by atoms with van der Waals surface area (Å²) in [5.74, 6) is -0.00734. The summed E-state index contributed by atoms with van der Waals surface area (Å²) in [5, 5.41) is 0.568. The molecule has 3 aromatic rings. The number of fused-ring (bicyclic) bond motifs is 1. The molecule has 1 aromatic heterocycles. The van der Waals surface area contributed by atoms with Crippen molar-refractivity contribution in [1.82, 2.24) is 9.88 Å². The zero-order valence-electron chi connectivity index (χ0n) is 19.6. The molecule has 0 fully saturated rings. The Morgan fingerprint density at radius 2 is 1.79 bits per heavy atom. The predicted octanol–water partition coefficient (Wildman–Crippen LogP) is 6.29. The number of H-pyrrole nitrogens is 1. The number of hydrogen-bond donors (Lipinski definition) is 1. The zero-order valence-corrected chi connectivity index (χ0v) is 19.6. The second-order valence-corrected chi connectivity index (χ2v) is 7.51. The van der Waals surface area contributed by atoms with E-state index in [1.54, 1.807) is 49.5 Å². The fraction of sp³-hybridized carbons (Fsp3) is 0.400. The quantitative estimate of drug-likeness (QED) is 0.417. The van der Waals surface area contributed by atoms with Crippen LogP contribution in [0.1, 0.15) is 47.8 Å². The van der Waals surface area contributed by atoms with Crippen LogP contribution in [0, 0.1) is 6.92 Å². The Morgan fingerprint density at radius 3 is 2.30 bits per heavy atom. The van der Waals surface area contributed by atoms with Gasteiger partial charge in [0.1, 0.15) is 11.8 Å². The number of rotatable bonds is 7. The molecule has 1 atom stereocenters. The van der Waals surface area contributed by atoms with E-state index in [-0.39, 0.29) is 17.3 Å². The Balaban J connectivity index is 0.000000321. The Morgan fingerprint density at radius 1 is 1.12 bits per heavy atom. The highest BCUT2D eigenvalue weighted by molar-refractivity contribution is 5.89. The van der Waals surface area contributed by atoms with Gasteiger partial charge >= 0.3 is 12.1 Å². The summed E-state index contributed by atoms with van der Waals surface area (Å²) in [7, 11) is 2.79. The molecule has 33 heavy (non-hydrogen) atoms. The monoisotopic (exact) mass is 464 g/mol. The lowest BCUT2D eigenvalue weighted by Gasteiger charge is -2.33. The molecule has 5 nitrogen and oxygen atoms in total. The number of hydrogen-bond acceptors (Lipinski definition) is 4. The maximum absolute atomic E-state index is 13.9. The van der Waals surface area contributed by atoms with Gasteiger partial charge in [-0.05, 0) is 56.3 Å². The first-order valence-corrected chi connectivity index (χ1v) is 10.8. The predicted molar refractivity (Wildman–Crippen MR) is 124 cm³/mol. The van der Waals surface area contributed by atoms with Crippen molar-refractivity contribution in [3.63, 3.8) is 0 Å². The largest absolute Gasteiger partial charge is 0.496 e. The molecular weight excluding hydrogens is 433 g/mol. The van der Waals surface area contributed by atoms with Crippen LogP contribution in [0.15, 0.2) is 48.7 Å². The molecule has 0 aliphatic carbocycles. The number of alkyl halides is 3. The average Bonchev–Trinajstić information content (AvgIpc) is 3.30. The van der Waals surface area contributed by atoms with Crippen LogP contribution >= 0.6 is 0 Å². The van der Waals surface area contributed by atoms with Gasteiger partial charge in [0.2, 0.25) is 0 Å². The number of esters is 1. The van der Waals surface area contributed by atoms with E-state index >= 15 is 0 Å². The number of halogens is 3. The summed E-state index contributed by atoms with van der Waals surface area (Å²) in [6.07, 6.45) is -2.05. The van der Waals surface area contributed by atoms with Gasteiger partial charge in [0.05, 0.1) is 19.8 Å². The number of nitrogens with zero attached hydrogens (tertiary/aromatic N) is 1. The van der Waals surface area contributed by atoms with Gasteiger partial charge in [0.15, 0.2) is 0 Å². The molecule has 0 amide bonds. The van der Waals surface area contributed by atoms with E-state index in [2.05, 4.69) is 9.72 Å². The SMILES string of the molecule is CCCN(CC)C(c1c(OC)cc(C)c2[nH]ccc12)C(F)(F)F.COC(=O)c1ccccc1. The second-order valence-electron chi connectivity index (χ2n) is 7.51. The van der Waals surface area contributed by atoms with Crippen molar-refractivity contribution in [2.75, 3.05) is 27.3 Å². The molecule has 1 unspecified atom stereocenters. The van der Waals surface area contributed by atoms with Crippen LogP contribution in [0.25, 0.3) is 10.9 Å². The first kappa shape index (κ1) is 26.3. The topological polar surface area (TPSA) is 54.6 Å². The normalized spacial score (nSPS) is 12.3. The number of methoxy groups -OCH3 is 2. The number of carbonyl (C=O) groups is 1. The minimum atomic E-state index is -4.38. The summed E-state index contributed by atoms with van der Waals surface area (Å²) in [5.41, 5.74) is 2.37. The van der Waals surface area contributed by atoms with Gasteiger partial charge in [-0.25, -0.2) is 4.79 Å². The number of aromatic nitrogens is 1. The summed E-state index contributed by atoms with van der Waals surface area (Å²) < 4.78 is 51.5. The van der Waals surface area contributed by atoms with Gasteiger partial charge in [-0.2, -0.15) is 13.2 Å². The van der Waals surface area contributed by atoms with Gasteiger partial charge in [-0.1, -0.05) is 32.0 Å². The molecule has 0 aliphatic heterocycles. The molecule has 180 valence electrons. The average molecular weight is 465 g/mol. The third-order valence-corrected chi connectivity index (χ3v) is 5.33. The molecule has 0 saturated heterocycles. The first-order chi connectivity index (χ1) is 15.7. The van der Waals surface area contributed by atoms with Crippen LogP contribution in [0.3, 0.4) is 0 Å². The molecule has 2 aromatic carbocycles. The highest BCUT2D eigenvalue weighted by Crippen LogP contribution is 2.45. The van der Waals surface area contributed by atoms with Crippen molar-refractivity contribution in [3.8, 4) is 5.75 Å². The number of aromatic amines is 1. The lowest BCUT2D eigenvalue weighted by Crippen LogP contribution is -2.39. The van der Waals surface area contributed by atoms with Gasteiger partial charge < -0.3 is 14.5 Å². The Kier molecular flexibility index (Phi) is 9.34. The minimum absolute atomic E-state index is 0.192. The molecule has 0 bridgehead atoms. The van der Waals surface area contributed by atoms with Crippen LogP contribution in [-0.2, 0) is 4.74 Å². The maximum atomic E-state index is 13.9. The van der Waals surface area contributed by atoms with Crippen LogP contribution in [0.2, 0.25) is 0 Å². The van der Waals surface area contributed by atoms with Gasteiger partial charge in [-0.15, -0.1) is 0 Å². The van der Waals surface area contributed by atoms with E-state index in [4.69, 9.17) is 4.74 Å². The van der Waals surface area contributed by atoms with Gasteiger partial charge in [0, 0.05) is 22.7 Å². The van der Waals surface area contributed by atoms with Crippen molar-refractivity contribution >= 4 is 16.9 Å².